The minimum absolute atomic E-state index is 0.0277. The second kappa shape index (κ2) is 7.62. The predicted octanol–water partition coefficient (Wildman–Crippen LogP) is 2.01. The highest BCUT2D eigenvalue weighted by Crippen LogP contribution is 2.26. The van der Waals surface area contributed by atoms with Crippen molar-refractivity contribution in [2.75, 3.05) is 11.8 Å². The Hall–Kier alpha value is -2.84. The first kappa shape index (κ1) is 17.5. The van der Waals surface area contributed by atoms with Gasteiger partial charge < -0.3 is 4.74 Å². The molecule has 2 rings (SSSR count). The molecule has 24 heavy (non-hydrogen) atoms. The summed E-state index contributed by atoms with van der Waals surface area (Å²) in [6.45, 7) is 0. The van der Waals surface area contributed by atoms with Crippen LogP contribution >= 0.6 is 0 Å². The maximum Gasteiger partial charge on any atom is 0.267 e. The highest BCUT2D eigenvalue weighted by atomic mass is 32.2. The summed E-state index contributed by atoms with van der Waals surface area (Å²) in [5.41, 5.74) is 2.26. The molecule has 0 saturated carbocycles. The van der Waals surface area contributed by atoms with Crippen molar-refractivity contribution >= 4 is 27.7 Å². The molecule has 0 fully saturated rings. The number of rotatable bonds is 6. The third-order valence-electron chi connectivity index (χ3n) is 3.06. The molecule has 2 aromatic carbocycles. The number of para-hydroxylation sites is 2. The molecule has 0 heterocycles. The summed E-state index contributed by atoms with van der Waals surface area (Å²) in [5.74, 6) is -0.313. The lowest BCUT2D eigenvalue weighted by Crippen LogP contribution is -2.15. The van der Waals surface area contributed by atoms with E-state index in [0.717, 1.165) is 6.08 Å². The summed E-state index contributed by atoms with van der Waals surface area (Å²) in [4.78, 5) is 11.0. The van der Waals surface area contributed by atoms with Crippen LogP contribution in [0.1, 0.15) is 5.56 Å². The molecule has 0 aliphatic rings. The van der Waals surface area contributed by atoms with Gasteiger partial charge in [-0.1, -0.05) is 24.3 Å². The van der Waals surface area contributed by atoms with Gasteiger partial charge in [-0.05, 0) is 35.9 Å². The summed E-state index contributed by atoms with van der Waals surface area (Å²) in [6.07, 6.45) is 2.47. The van der Waals surface area contributed by atoms with Gasteiger partial charge in [0, 0.05) is 6.08 Å². The van der Waals surface area contributed by atoms with E-state index >= 15 is 0 Å². The van der Waals surface area contributed by atoms with Gasteiger partial charge in [0.05, 0.1) is 17.7 Å². The molecular formula is C16H16N2O5S. The first-order valence-electron chi connectivity index (χ1n) is 6.84. The number of hydrogen-bond acceptors (Lipinski definition) is 5. The number of hydroxylamine groups is 1. The number of hydrogen-bond donors (Lipinski definition) is 3. The van der Waals surface area contributed by atoms with Gasteiger partial charge in [0.25, 0.3) is 15.9 Å². The van der Waals surface area contributed by atoms with Crippen molar-refractivity contribution in [1.29, 1.82) is 0 Å². The third kappa shape index (κ3) is 4.34. The van der Waals surface area contributed by atoms with Crippen molar-refractivity contribution in [1.82, 2.24) is 5.48 Å². The first-order valence-corrected chi connectivity index (χ1v) is 8.32. The van der Waals surface area contributed by atoms with Gasteiger partial charge in [0.2, 0.25) is 0 Å². The molecule has 7 nitrogen and oxygen atoms in total. The van der Waals surface area contributed by atoms with Crippen LogP contribution in [0.4, 0.5) is 5.69 Å². The topological polar surface area (TPSA) is 105 Å². The SMILES string of the molecule is COc1ccccc1NS(=O)(=O)c1cccc(C=CC(=O)NO)c1. The monoisotopic (exact) mass is 348 g/mol. The van der Waals surface area contributed by atoms with E-state index in [2.05, 4.69) is 4.72 Å². The lowest BCUT2D eigenvalue weighted by Gasteiger charge is -2.11. The minimum atomic E-state index is -3.83. The Bertz CT molecular complexity index is 862. The maximum atomic E-state index is 12.5. The quantitative estimate of drug-likeness (QED) is 0.421. The molecule has 0 saturated heterocycles. The molecule has 1 amide bonds. The van der Waals surface area contributed by atoms with Crippen molar-refractivity contribution in [3.05, 3.63) is 60.2 Å². The average Bonchev–Trinajstić information content (AvgIpc) is 2.60. The van der Waals surface area contributed by atoms with Gasteiger partial charge >= 0.3 is 0 Å². The minimum Gasteiger partial charge on any atom is -0.495 e. The van der Waals surface area contributed by atoms with E-state index < -0.39 is 15.9 Å². The van der Waals surface area contributed by atoms with E-state index in [1.807, 2.05) is 0 Å². The molecule has 0 radical (unpaired) electrons. The zero-order valence-electron chi connectivity index (χ0n) is 12.8. The van der Waals surface area contributed by atoms with E-state index in [0.29, 0.717) is 17.0 Å². The van der Waals surface area contributed by atoms with Gasteiger partial charge in [-0.25, -0.2) is 13.9 Å². The molecule has 126 valence electrons. The van der Waals surface area contributed by atoms with E-state index in [4.69, 9.17) is 9.94 Å². The molecule has 8 heteroatoms. The zero-order valence-corrected chi connectivity index (χ0v) is 13.6. The Kier molecular flexibility index (Phi) is 5.56. The fourth-order valence-electron chi connectivity index (χ4n) is 1.93. The largest absolute Gasteiger partial charge is 0.495 e. The molecule has 0 aliphatic heterocycles. The van der Waals surface area contributed by atoms with E-state index in [1.165, 1.54) is 30.8 Å². The van der Waals surface area contributed by atoms with Gasteiger partial charge in [-0.3, -0.25) is 14.7 Å². The number of anilines is 1. The Morgan fingerprint density at radius 3 is 2.62 bits per heavy atom. The molecule has 0 aliphatic carbocycles. The van der Waals surface area contributed by atoms with Crippen molar-refractivity contribution in [2.45, 2.75) is 4.90 Å². The van der Waals surface area contributed by atoms with Gasteiger partial charge in [-0.2, -0.15) is 0 Å². The van der Waals surface area contributed by atoms with E-state index in [1.54, 1.807) is 36.4 Å². The highest BCUT2D eigenvalue weighted by molar-refractivity contribution is 7.92. The zero-order chi connectivity index (χ0) is 17.6. The van der Waals surface area contributed by atoms with Crippen molar-refractivity contribution in [3.8, 4) is 5.75 Å². The van der Waals surface area contributed by atoms with Crippen molar-refractivity contribution in [3.63, 3.8) is 0 Å². The summed E-state index contributed by atoms with van der Waals surface area (Å²) in [5, 5.41) is 8.44. The van der Waals surface area contributed by atoms with Crippen LogP contribution < -0.4 is 14.9 Å². The van der Waals surface area contributed by atoms with Crippen LogP contribution in [-0.4, -0.2) is 26.6 Å². The lowest BCUT2D eigenvalue weighted by atomic mass is 10.2. The molecule has 0 unspecified atom stereocenters. The van der Waals surface area contributed by atoms with Gasteiger partial charge in [-0.15, -0.1) is 0 Å². The maximum absolute atomic E-state index is 12.5. The standard InChI is InChI=1S/C16H16N2O5S/c1-23-15-8-3-2-7-14(15)18-24(21,22)13-6-4-5-12(11-13)9-10-16(19)17-20/h2-11,18,20H,1H3,(H,17,19). The second-order valence-electron chi connectivity index (χ2n) is 4.69. The van der Waals surface area contributed by atoms with Crippen molar-refractivity contribution < 1.29 is 23.2 Å². The van der Waals surface area contributed by atoms with Gasteiger partial charge in [0.1, 0.15) is 5.75 Å². The van der Waals surface area contributed by atoms with Crippen LogP contribution in [0.3, 0.4) is 0 Å². The normalized spacial score (nSPS) is 11.2. The van der Waals surface area contributed by atoms with Gasteiger partial charge in [0.15, 0.2) is 0 Å². The molecule has 0 aromatic heterocycles. The van der Waals surface area contributed by atoms with Crippen molar-refractivity contribution in [2.24, 2.45) is 0 Å². The molecule has 0 bridgehead atoms. The first-order chi connectivity index (χ1) is 11.5. The average molecular weight is 348 g/mol. The second-order valence-corrected chi connectivity index (χ2v) is 6.37. The Morgan fingerprint density at radius 1 is 1.17 bits per heavy atom. The predicted molar refractivity (Wildman–Crippen MR) is 89.2 cm³/mol. The van der Waals surface area contributed by atoms with Crippen LogP contribution in [0, 0.1) is 0 Å². The molecule has 2 aromatic rings. The van der Waals surface area contributed by atoms with E-state index in [9.17, 15) is 13.2 Å². The summed E-state index contributed by atoms with van der Waals surface area (Å²) in [6, 6.07) is 12.7. The number of carbonyl (C=O) groups is 1. The highest BCUT2D eigenvalue weighted by Gasteiger charge is 2.16. The number of sulfonamides is 1. The molecule has 3 N–H and O–H groups in total. The lowest BCUT2D eigenvalue weighted by molar-refractivity contribution is -0.124. The Morgan fingerprint density at radius 2 is 1.92 bits per heavy atom. The van der Waals surface area contributed by atoms with E-state index in [-0.39, 0.29) is 4.90 Å². The Labute approximate surface area is 139 Å². The number of carbonyl (C=O) groups excluding carboxylic acids is 1. The number of ether oxygens (including phenoxy) is 1. The molecule has 0 spiro atoms. The van der Waals surface area contributed by atoms with Crippen LogP contribution in [0.25, 0.3) is 6.08 Å². The number of benzene rings is 2. The number of nitrogens with one attached hydrogen (secondary N) is 2. The third-order valence-corrected chi connectivity index (χ3v) is 4.42. The van der Waals surface area contributed by atoms with Crippen LogP contribution in [0.5, 0.6) is 5.75 Å². The Balaban J connectivity index is 2.29. The summed E-state index contributed by atoms with van der Waals surface area (Å²) >= 11 is 0. The molecule has 0 atom stereocenters. The fourth-order valence-corrected chi connectivity index (χ4v) is 3.05. The number of methoxy groups -OCH3 is 1. The fraction of sp³-hybridized carbons (Fsp3) is 0.0625. The molecular weight excluding hydrogens is 332 g/mol. The van der Waals surface area contributed by atoms with Crippen LogP contribution in [-0.2, 0) is 14.8 Å². The smallest absolute Gasteiger partial charge is 0.267 e. The number of amides is 1. The summed E-state index contributed by atoms with van der Waals surface area (Å²) < 4.78 is 32.6. The summed E-state index contributed by atoms with van der Waals surface area (Å²) in [7, 11) is -2.38. The van der Waals surface area contributed by atoms with Crippen LogP contribution in [0.15, 0.2) is 59.5 Å². The van der Waals surface area contributed by atoms with Crippen LogP contribution in [0.2, 0.25) is 0 Å².